The van der Waals surface area contributed by atoms with Gasteiger partial charge >= 0.3 is 5.97 Å². The molecule has 5 nitrogen and oxygen atoms in total. The van der Waals surface area contributed by atoms with Gasteiger partial charge in [-0.15, -0.1) is 0 Å². The summed E-state index contributed by atoms with van der Waals surface area (Å²) in [6.45, 7) is 2.55. The fraction of sp³-hybridized carbons (Fsp3) is 0.538. The summed E-state index contributed by atoms with van der Waals surface area (Å²) in [5.41, 5.74) is 0.0985. The van der Waals surface area contributed by atoms with Gasteiger partial charge in [0, 0.05) is 20.2 Å². The first-order chi connectivity index (χ1) is 8.70. The smallest absolute Gasteiger partial charge is 0.354 e. The zero-order valence-electron chi connectivity index (χ0n) is 10.5. The molecule has 0 aliphatic carbocycles. The van der Waals surface area contributed by atoms with Crippen LogP contribution in [0.2, 0.25) is 0 Å². The van der Waals surface area contributed by atoms with Crippen LogP contribution >= 0.6 is 0 Å². The molecule has 1 aromatic rings. The van der Waals surface area contributed by atoms with Crippen molar-refractivity contribution in [1.29, 1.82) is 0 Å². The Balaban J connectivity index is 2.10. The molecule has 1 fully saturated rings. The van der Waals surface area contributed by atoms with Crippen molar-refractivity contribution < 1.29 is 14.6 Å². The highest BCUT2D eigenvalue weighted by Gasteiger charge is 2.21. The van der Waals surface area contributed by atoms with Crippen LogP contribution in [0.4, 0.5) is 5.82 Å². The van der Waals surface area contributed by atoms with Crippen LogP contribution in [-0.2, 0) is 4.74 Å². The zero-order chi connectivity index (χ0) is 13.0. The third-order valence-electron chi connectivity index (χ3n) is 3.20. The van der Waals surface area contributed by atoms with Crippen LogP contribution in [0, 0.1) is 5.92 Å². The lowest BCUT2D eigenvalue weighted by atomic mass is 9.99. The molecule has 1 saturated heterocycles. The summed E-state index contributed by atoms with van der Waals surface area (Å²) in [7, 11) is 1.71. The number of pyridine rings is 1. The van der Waals surface area contributed by atoms with Crippen LogP contribution in [0.5, 0.6) is 0 Å². The van der Waals surface area contributed by atoms with E-state index in [-0.39, 0.29) is 5.69 Å². The number of anilines is 1. The molecule has 1 aromatic heterocycles. The monoisotopic (exact) mass is 250 g/mol. The van der Waals surface area contributed by atoms with E-state index in [1.807, 2.05) is 6.07 Å². The second kappa shape index (κ2) is 5.82. The highest BCUT2D eigenvalue weighted by atomic mass is 16.5. The predicted molar refractivity (Wildman–Crippen MR) is 68.0 cm³/mol. The molecule has 1 N–H and O–H groups in total. The first-order valence-corrected chi connectivity index (χ1v) is 6.15. The third kappa shape index (κ3) is 2.98. The maximum absolute atomic E-state index is 10.9. The number of rotatable bonds is 4. The molecule has 0 bridgehead atoms. The Hall–Kier alpha value is -1.62. The minimum Gasteiger partial charge on any atom is -0.477 e. The lowest BCUT2D eigenvalue weighted by Crippen LogP contribution is -2.37. The van der Waals surface area contributed by atoms with Gasteiger partial charge in [-0.05, 0) is 30.9 Å². The van der Waals surface area contributed by atoms with Crippen molar-refractivity contribution in [3.8, 4) is 0 Å². The Morgan fingerprint density at radius 1 is 1.61 bits per heavy atom. The molecule has 0 saturated carbocycles. The van der Waals surface area contributed by atoms with Gasteiger partial charge in [0.25, 0.3) is 0 Å². The average Bonchev–Trinajstić information content (AvgIpc) is 2.39. The van der Waals surface area contributed by atoms with Crippen LogP contribution < -0.4 is 4.90 Å². The molecule has 1 aliphatic rings. The topological polar surface area (TPSA) is 62.7 Å². The van der Waals surface area contributed by atoms with Gasteiger partial charge in [0.2, 0.25) is 0 Å². The van der Waals surface area contributed by atoms with Crippen LogP contribution in [0.3, 0.4) is 0 Å². The second-order valence-electron chi connectivity index (χ2n) is 4.60. The van der Waals surface area contributed by atoms with Crippen LogP contribution in [0.1, 0.15) is 23.3 Å². The minimum atomic E-state index is -0.984. The molecule has 98 valence electrons. The number of carboxylic acid groups (broad SMARTS) is 1. The van der Waals surface area contributed by atoms with Crippen molar-refractivity contribution in [2.75, 3.05) is 31.7 Å². The Bertz CT molecular complexity index is 420. The number of nitrogens with zero attached hydrogens (tertiary/aromatic N) is 2. The summed E-state index contributed by atoms with van der Waals surface area (Å²) in [6, 6.07) is 5.12. The molecule has 5 heteroatoms. The molecule has 1 aliphatic heterocycles. The number of ether oxygens (including phenoxy) is 1. The van der Waals surface area contributed by atoms with E-state index in [1.165, 1.54) is 6.07 Å². The molecule has 1 atom stereocenters. The van der Waals surface area contributed by atoms with Crippen LogP contribution in [0.15, 0.2) is 18.2 Å². The van der Waals surface area contributed by atoms with E-state index >= 15 is 0 Å². The van der Waals surface area contributed by atoms with E-state index < -0.39 is 5.97 Å². The Morgan fingerprint density at radius 3 is 3.17 bits per heavy atom. The van der Waals surface area contributed by atoms with Crippen LogP contribution in [0.25, 0.3) is 0 Å². The Labute approximate surface area is 106 Å². The molecule has 0 amide bonds. The van der Waals surface area contributed by atoms with E-state index in [0.717, 1.165) is 38.4 Å². The van der Waals surface area contributed by atoms with E-state index in [4.69, 9.17) is 9.84 Å². The van der Waals surface area contributed by atoms with Crippen molar-refractivity contribution in [3.05, 3.63) is 23.9 Å². The standard InChI is InChI=1S/C13H18N2O3/c1-18-9-10-4-3-7-15(8-10)12-6-2-5-11(14-12)13(16)17/h2,5-6,10H,3-4,7-9H2,1H3,(H,16,17). The summed E-state index contributed by atoms with van der Waals surface area (Å²) < 4.78 is 5.19. The predicted octanol–water partition coefficient (Wildman–Crippen LogP) is 1.64. The normalized spacial score (nSPS) is 19.8. The number of hydrogen-bond donors (Lipinski definition) is 1. The maximum atomic E-state index is 10.9. The van der Waals surface area contributed by atoms with Crippen molar-refractivity contribution in [2.45, 2.75) is 12.8 Å². The summed E-state index contributed by atoms with van der Waals surface area (Å²) in [4.78, 5) is 17.2. The Morgan fingerprint density at radius 2 is 2.44 bits per heavy atom. The largest absolute Gasteiger partial charge is 0.477 e. The lowest BCUT2D eigenvalue weighted by Gasteiger charge is -2.33. The van der Waals surface area contributed by atoms with E-state index in [0.29, 0.717) is 5.92 Å². The number of hydrogen-bond acceptors (Lipinski definition) is 4. The van der Waals surface area contributed by atoms with Crippen molar-refractivity contribution in [2.24, 2.45) is 5.92 Å². The average molecular weight is 250 g/mol. The van der Waals surface area contributed by atoms with Gasteiger partial charge in [-0.2, -0.15) is 0 Å². The number of methoxy groups -OCH3 is 1. The van der Waals surface area contributed by atoms with Gasteiger partial charge in [-0.1, -0.05) is 6.07 Å². The molecule has 0 spiro atoms. The first kappa shape index (κ1) is 12.8. The molecule has 1 unspecified atom stereocenters. The van der Waals surface area contributed by atoms with Gasteiger partial charge in [0.05, 0.1) is 6.61 Å². The SMILES string of the molecule is COCC1CCCN(c2cccc(C(=O)O)n2)C1. The van der Waals surface area contributed by atoms with Crippen molar-refractivity contribution in [1.82, 2.24) is 4.98 Å². The molecular weight excluding hydrogens is 232 g/mol. The molecule has 2 heterocycles. The number of carboxylic acids is 1. The fourth-order valence-electron chi connectivity index (χ4n) is 2.36. The number of carbonyl (C=O) groups is 1. The molecular formula is C13H18N2O3. The van der Waals surface area contributed by atoms with Gasteiger partial charge < -0.3 is 14.7 Å². The van der Waals surface area contributed by atoms with Crippen molar-refractivity contribution in [3.63, 3.8) is 0 Å². The van der Waals surface area contributed by atoms with E-state index in [2.05, 4.69) is 9.88 Å². The summed E-state index contributed by atoms with van der Waals surface area (Å²) in [5, 5.41) is 8.94. The number of piperidine rings is 1. The van der Waals surface area contributed by atoms with Gasteiger partial charge in [0.15, 0.2) is 5.69 Å². The lowest BCUT2D eigenvalue weighted by molar-refractivity contribution is 0.0690. The third-order valence-corrected chi connectivity index (χ3v) is 3.20. The summed E-state index contributed by atoms with van der Waals surface area (Å²) in [5.74, 6) is 0.261. The quantitative estimate of drug-likeness (QED) is 0.880. The summed E-state index contributed by atoms with van der Waals surface area (Å²) >= 11 is 0. The molecule has 2 rings (SSSR count). The highest BCUT2D eigenvalue weighted by Crippen LogP contribution is 2.21. The van der Waals surface area contributed by atoms with E-state index in [9.17, 15) is 4.79 Å². The number of aromatic carboxylic acids is 1. The van der Waals surface area contributed by atoms with Gasteiger partial charge in [0.1, 0.15) is 5.82 Å². The zero-order valence-corrected chi connectivity index (χ0v) is 10.5. The van der Waals surface area contributed by atoms with E-state index in [1.54, 1.807) is 13.2 Å². The maximum Gasteiger partial charge on any atom is 0.354 e. The van der Waals surface area contributed by atoms with Gasteiger partial charge in [-0.25, -0.2) is 9.78 Å². The molecule has 18 heavy (non-hydrogen) atoms. The van der Waals surface area contributed by atoms with Crippen molar-refractivity contribution >= 4 is 11.8 Å². The first-order valence-electron chi connectivity index (χ1n) is 6.15. The van der Waals surface area contributed by atoms with Gasteiger partial charge in [-0.3, -0.25) is 0 Å². The molecule has 0 radical (unpaired) electrons. The number of aromatic nitrogens is 1. The minimum absolute atomic E-state index is 0.0985. The highest BCUT2D eigenvalue weighted by molar-refractivity contribution is 5.85. The fourth-order valence-corrected chi connectivity index (χ4v) is 2.36. The van der Waals surface area contributed by atoms with Crippen LogP contribution in [-0.4, -0.2) is 42.9 Å². The Kier molecular flexibility index (Phi) is 4.15. The second-order valence-corrected chi connectivity index (χ2v) is 4.60. The summed E-state index contributed by atoms with van der Waals surface area (Å²) in [6.07, 6.45) is 2.25. The molecule has 0 aromatic carbocycles.